The van der Waals surface area contributed by atoms with Gasteiger partial charge in [-0.25, -0.2) is 4.98 Å². The molecular formula is C20H19N3O3. The van der Waals surface area contributed by atoms with Gasteiger partial charge in [-0.3, -0.25) is 9.59 Å². The standard InChI is InChI=1S/C20H19N3O3/c24-19(13-5-6-14(11-13)20(25)26)21-15-9-7-12(8-10-15)18-22-16-3-1-2-4-17(16)23-18/h1-4,7-10,13-14H,5-6,11H2,(H,21,24)(H,22,23)(H,25,26)/t13-,14+/m0/s1. The Bertz CT molecular complexity index is 929. The lowest BCUT2D eigenvalue weighted by molar-refractivity contribution is -0.141. The Hall–Kier alpha value is -3.15. The Kier molecular flexibility index (Phi) is 4.16. The fourth-order valence-corrected chi connectivity index (χ4v) is 3.49. The molecule has 6 nitrogen and oxygen atoms in total. The molecule has 1 amide bonds. The number of amides is 1. The summed E-state index contributed by atoms with van der Waals surface area (Å²) in [4.78, 5) is 31.2. The molecule has 1 heterocycles. The van der Waals surface area contributed by atoms with Crippen LogP contribution in [0, 0.1) is 11.8 Å². The highest BCUT2D eigenvalue weighted by Crippen LogP contribution is 2.32. The number of aromatic amines is 1. The maximum Gasteiger partial charge on any atom is 0.306 e. The van der Waals surface area contributed by atoms with Gasteiger partial charge in [0.15, 0.2) is 0 Å². The van der Waals surface area contributed by atoms with Gasteiger partial charge in [-0.05, 0) is 55.7 Å². The van der Waals surface area contributed by atoms with E-state index in [2.05, 4.69) is 15.3 Å². The van der Waals surface area contributed by atoms with Crippen molar-refractivity contribution in [1.82, 2.24) is 9.97 Å². The molecule has 0 saturated heterocycles. The lowest BCUT2D eigenvalue weighted by Gasteiger charge is -2.11. The highest BCUT2D eigenvalue weighted by Gasteiger charge is 2.33. The molecule has 1 saturated carbocycles. The van der Waals surface area contributed by atoms with Gasteiger partial charge in [0.25, 0.3) is 0 Å². The highest BCUT2D eigenvalue weighted by atomic mass is 16.4. The first kappa shape index (κ1) is 16.3. The maximum absolute atomic E-state index is 12.3. The van der Waals surface area contributed by atoms with Crippen LogP contribution in [0.2, 0.25) is 0 Å². The molecule has 2 aromatic carbocycles. The molecule has 0 unspecified atom stereocenters. The summed E-state index contributed by atoms with van der Waals surface area (Å²) in [6, 6.07) is 15.3. The lowest BCUT2D eigenvalue weighted by Crippen LogP contribution is -2.21. The summed E-state index contributed by atoms with van der Waals surface area (Å²) in [7, 11) is 0. The van der Waals surface area contributed by atoms with Crippen LogP contribution < -0.4 is 5.32 Å². The van der Waals surface area contributed by atoms with Crippen molar-refractivity contribution in [3.8, 4) is 11.4 Å². The first-order valence-corrected chi connectivity index (χ1v) is 8.69. The van der Waals surface area contributed by atoms with Gasteiger partial charge in [0, 0.05) is 17.2 Å². The second-order valence-corrected chi connectivity index (χ2v) is 6.71. The van der Waals surface area contributed by atoms with Crippen molar-refractivity contribution in [2.75, 3.05) is 5.32 Å². The molecule has 1 aliphatic carbocycles. The molecule has 26 heavy (non-hydrogen) atoms. The van der Waals surface area contributed by atoms with Gasteiger partial charge in [-0.1, -0.05) is 12.1 Å². The molecular weight excluding hydrogens is 330 g/mol. The Balaban J connectivity index is 1.44. The van der Waals surface area contributed by atoms with Crippen molar-refractivity contribution >= 4 is 28.6 Å². The predicted octanol–water partition coefficient (Wildman–Crippen LogP) is 3.67. The predicted molar refractivity (Wildman–Crippen MR) is 98.6 cm³/mol. The molecule has 3 N–H and O–H groups in total. The van der Waals surface area contributed by atoms with Gasteiger partial charge in [0.2, 0.25) is 5.91 Å². The normalized spacial score (nSPS) is 19.5. The summed E-state index contributed by atoms with van der Waals surface area (Å²) >= 11 is 0. The second kappa shape index (κ2) is 6.63. The number of carboxylic acids is 1. The Morgan fingerprint density at radius 2 is 1.77 bits per heavy atom. The lowest BCUT2D eigenvalue weighted by atomic mass is 10.0. The average Bonchev–Trinajstić information content (AvgIpc) is 3.29. The minimum atomic E-state index is -0.810. The molecule has 4 rings (SSSR count). The van der Waals surface area contributed by atoms with Gasteiger partial charge >= 0.3 is 5.97 Å². The van der Waals surface area contributed by atoms with Crippen LogP contribution in [0.1, 0.15) is 19.3 Å². The minimum absolute atomic E-state index is 0.106. The zero-order valence-corrected chi connectivity index (χ0v) is 14.1. The van der Waals surface area contributed by atoms with Gasteiger partial charge in [0.1, 0.15) is 5.82 Å². The van der Waals surface area contributed by atoms with Crippen molar-refractivity contribution in [2.45, 2.75) is 19.3 Å². The zero-order valence-electron chi connectivity index (χ0n) is 14.1. The SMILES string of the molecule is O=C(O)[C@@H]1CC[C@H](C(=O)Nc2ccc(-c3nc4ccccc4[nH]3)cc2)C1. The largest absolute Gasteiger partial charge is 0.481 e. The Morgan fingerprint density at radius 3 is 2.46 bits per heavy atom. The number of carboxylic acid groups (broad SMARTS) is 1. The van der Waals surface area contributed by atoms with E-state index < -0.39 is 11.9 Å². The van der Waals surface area contributed by atoms with Gasteiger partial charge in [-0.15, -0.1) is 0 Å². The van der Waals surface area contributed by atoms with Gasteiger partial charge < -0.3 is 15.4 Å². The molecule has 1 aromatic heterocycles. The van der Waals surface area contributed by atoms with E-state index in [0.717, 1.165) is 22.4 Å². The number of carbonyl (C=O) groups is 2. The number of aromatic nitrogens is 2. The van der Waals surface area contributed by atoms with Crippen molar-refractivity contribution in [1.29, 1.82) is 0 Å². The van der Waals surface area contributed by atoms with E-state index in [0.29, 0.717) is 24.9 Å². The van der Waals surface area contributed by atoms with Crippen LogP contribution in [-0.2, 0) is 9.59 Å². The third kappa shape index (κ3) is 3.18. The topological polar surface area (TPSA) is 95.1 Å². The fraction of sp³-hybridized carbons (Fsp3) is 0.250. The molecule has 1 aliphatic rings. The number of para-hydroxylation sites is 2. The van der Waals surface area contributed by atoms with E-state index in [1.165, 1.54) is 0 Å². The number of nitrogens with zero attached hydrogens (tertiary/aromatic N) is 1. The molecule has 0 aliphatic heterocycles. The smallest absolute Gasteiger partial charge is 0.306 e. The van der Waals surface area contributed by atoms with Crippen molar-refractivity contribution in [3.63, 3.8) is 0 Å². The molecule has 1 fully saturated rings. The summed E-state index contributed by atoms with van der Waals surface area (Å²) < 4.78 is 0. The molecule has 3 aromatic rings. The van der Waals surface area contributed by atoms with Crippen LogP contribution in [0.5, 0.6) is 0 Å². The number of fused-ring (bicyclic) bond motifs is 1. The number of hydrogen-bond acceptors (Lipinski definition) is 3. The van der Waals surface area contributed by atoms with Crippen LogP contribution in [0.3, 0.4) is 0 Å². The van der Waals surface area contributed by atoms with Gasteiger partial charge in [0.05, 0.1) is 17.0 Å². The van der Waals surface area contributed by atoms with E-state index in [-0.39, 0.29) is 11.8 Å². The summed E-state index contributed by atoms with van der Waals surface area (Å²) in [6.45, 7) is 0. The summed E-state index contributed by atoms with van der Waals surface area (Å²) in [5.74, 6) is -0.766. The van der Waals surface area contributed by atoms with E-state index in [4.69, 9.17) is 5.11 Å². The fourth-order valence-electron chi connectivity index (χ4n) is 3.49. The Morgan fingerprint density at radius 1 is 1.04 bits per heavy atom. The summed E-state index contributed by atoms with van der Waals surface area (Å²) in [5, 5.41) is 11.9. The number of carbonyl (C=O) groups excluding carboxylic acids is 1. The second-order valence-electron chi connectivity index (χ2n) is 6.71. The molecule has 132 valence electrons. The third-order valence-electron chi connectivity index (χ3n) is 4.97. The molecule has 0 radical (unpaired) electrons. The monoisotopic (exact) mass is 349 g/mol. The number of anilines is 1. The molecule has 6 heteroatoms. The van der Waals surface area contributed by atoms with Crippen LogP contribution in [-0.4, -0.2) is 27.0 Å². The van der Waals surface area contributed by atoms with E-state index in [1.54, 1.807) is 0 Å². The van der Waals surface area contributed by atoms with Crippen LogP contribution >= 0.6 is 0 Å². The average molecular weight is 349 g/mol. The number of nitrogens with one attached hydrogen (secondary N) is 2. The van der Waals surface area contributed by atoms with Crippen LogP contribution in [0.25, 0.3) is 22.4 Å². The number of imidazole rings is 1. The first-order valence-electron chi connectivity index (χ1n) is 8.69. The maximum atomic E-state index is 12.3. The molecule has 2 atom stereocenters. The number of hydrogen-bond donors (Lipinski definition) is 3. The van der Waals surface area contributed by atoms with Crippen LogP contribution in [0.4, 0.5) is 5.69 Å². The number of H-pyrrole nitrogens is 1. The summed E-state index contributed by atoms with van der Waals surface area (Å²) in [5.41, 5.74) is 3.53. The Labute approximate surface area is 150 Å². The van der Waals surface area contributed by atoms with Crippen molar-refractivity contribution in [3.05, 3.63) is 48.5 Å². The highest BCUT2D eigenvalue weighted by molar-refractivity contribution is 5.93. The minimum Gasteiger partial charge on any atom is -0.481 e. The quantitative estimate of drug-likeness (QED) is 0.670. The van der Waals surface area contributed by atoms with Crippen molar-refractivity contribution in [2.24, 2.45) is 11.8 Å². The number of aliphatic carboxylic acids is 1. The van der Waals surface area contributed by atoms with Gasteiger partial charge in [-0.2, -0.15) is 0 Å². The number of benzene rings is 2. The first-order chi connectivity index (χ1) is 12.6. The van der Waals surface area contributed by atoms with E-state index >= 15 is 0 Å². The van der Waals surface area contributed by atoms with Crippen LogP contribution in [0.15, 0.2) is 48.5 Å². The van der Waals surface area contributed by atoms with E-state index in [9.17, 15) is 9.59 Å². The zero-order chi connectivity index (χ0) is 18.1. The summed E-state index contributed by atoms with van der Waals surface area (Å²) in [6.07, 6.45) is 1.61. The number of rotatable bonds is 4. The van der Waals surface area contributed by atoms with Crippen molar-refractivity contribution < 1.29 is 14.7 Å². The van der Waals surface area contributed by atoms with E-state index in [1.807, 2.05) is 48.5 Å². The molecule has 0 spiro atoms. The third-order valence-corrected chi connectivity index (χ3v) is 4.97. The molecule has 0 bridgehead atoms.